The number of benzene rings is 1. The van der Waals surface area contributed by atoms with Gasteiger partial charge in [-0.15, -0.1) is 0 Å². The quantitative estimate of drug-likeness (QED) is 0.548. The van der Waals surface area contributed by atoms with Crippen molar-refractivity contribution in [3.05, 3.63) is 77.2 Å². The van der Waals surface area contributed by atoms with Gasteiger partial charge in [0.1, 0.15) is 6.29 Å². The number of hydrogen-bond acceptors (Lipinski definition) is 3. The topological polar surface area (TPSA) is 52.0 Å². The summed E-state index contributed by atoms with van der Waals surface area (Å²) < 4.78 is 1.78. The molecule has 3 aromatic rings. The van der Waals surface area contributed by atoms with Crippen LogP contribution in [0, 0.1) is 6.92 Å². The molecule has 0 atom stereocenters. The van der Waals surface area contributed by atoms with Crippen LogP contribution >= 0.6 is 0 Å². The number of carbonyl (C=O) groups is 2. The van der Waals surface area contributed by atoms with Crippen LogP contribution in [-0.4, -0.2) is 21.6 Å². The van der Waals surface area contributed by atoms with Gasteiger partial charge >= 0.3 is 0 Å². The fraction of sp³-hybridized carbons (Fsp3) is 0.105. The molecule has 23 heavy (non-hydrogen) atoms. The third-order valence-electron chi connectivity index (χ3n) is 3.77. The zero-order chi connectivity index (χ0) is 16.4. The molecule has 4 heteroatoms. The molecule has 4 nitrogen and oxygen atoms in total. The molecule has 0 unspecified atom stereocenters. The lowest BCUT2D eigenvalue weighted by Gasteiger charge is -2.02. The fourth-order valence-corrected chi connectivity index (χ4v) is 2.46. The van der Waals surface area contributed by atoms with E-state index in [1.165, 1.54) is 0 Å². The number of nitrogens with zero attached hydrogens (tertiary/aromatic N) is 2. The van der Waals surface area contributed by atoms with E-state index in [4.69, 9.17) is 0 Å². The largest absolute Gasteiger partial charge is 0.347 e. The first kappa shape index (κ1) is 14.9. The molecule has 0 aliphatic carbocycles. The van der Waals surface area contributed by atoms with Gasteiger partial charge in [-0.25, -0.2) is 0 Å². The predicted octanol–water partition coefficient (Wildman–Crippen LogP) is 3.44. The number of hydrogen-bond donors (Lipinski definition) is 0. The van der Waals surface area contributed by atoms with Crippen molar-refractivity contribution < 1.29 is 9.59 Å². The Balaban J connectivity index is 1.99. The van der Waals surface area contributed by atoms with Crippen molar-refractivity contribution in [3.8, 4) is 11.3 Å². The summed E-state index contributed by atoms with van der Waals surface area (Å²) in [7, 11) is 1.83. The van der Waals surface area contributed by atoms with Crippen LogP contribution in [0.2, 0.25) is 0 Å². The number of aromatic nitrogens is 2. The van der Waals surface area contributed by atoms with E-state index in [2.05, 4.69) is 4.98 Å². The molecule has 0 aliphatic rings. The Morgan fingerprint density at radius 2 is 1.87 bits per heavy atom. The van der Waals surface area contributed by atoms with E-state index >= 15 is 0 Å². The van der Waals surface area contributed by atoms with Gasteiger partial charge in [-0.2, -0.15) is 0 Å². The molecule has 0 saturated carbocycles. The average molecular weight is 304 g/mol. The Bertz CT molecular complexity index is 877. The van der Waals surface area contributed by atoms with Gasteiger partial charge in [0.2, 0.25) is 5.78 Å². The second-order valence-electron chi connectivity index (χ2n) is 5.51. The molecule has 0 bridgehead atoms. The minimum absolute atomic E-state index is 0.0368. The summed E-state index contributed by atoms with van der Waals surface area (Å²) in [6, 6.07) is 12.7. The molecule has 0 spiro atoms. The SMILES string of the molecule is Cc1ccc(C(=O)c2cc(-c3cc(C=O)ccn3)cn2C)cc1. The summed E-state index contributed by atoms with van der Waals surface area (Å²) in [5.41, 5.74) is 4.40. The average Bonchev–Trinajstić information content (AvgIpc) is 2.97. The van der Waals surface area contributed by atoms with Crippen LogP contribution in [0.25, 0.3) is 11.3 Å². The van der Waals surface area contributed by atoms with Crippen LogP contribution in [0.15, 0.2) is 54.9 Å². The third-order valence-corrected chi connectivity index (χ3v) is 3.77. The van der Waals surface area contributed by atoms with Crippen LogP contribution < -0.4 is 0 Å². The van der Waals surface area contributed by atoms with Gasteiger partial charge in [0.05, 0.1) is 11.4 Å². The Morgan fingerprint density at radius 3 is 2.57 bits per heavy atom. The standard InChI is InChI=1S/C19H16N2O2/c1-13-3-5-15(6-4-13)19(23)18-10-16(11-21(18)2)17-9-14(12-22)7-8-20-17/h3-12H,1-2H3. The molecular weight excluding hydrogens is 288 g/mol. The lowest BCUT2D eigenvalue weighted by Crippen LogP contribution is -2.06. The fourth-order valence-electron chi connectivity index (χ4n) is 2.46. The number of carbonyl (C=O) groups excluding carboxylic acids is 2. The second-order valence-corrected chi connectivity index (χ2v) is 5.51. The monoisotopic (exact) mass is 304 g/mol. The van der Waals surface area contributed by atoms with Crippen molar-refractivity contribution in [2.24, 2.45) is 7.05 Å². The normalized spacial score (nSPS) is 10.5. The van der Waals surface area contributed by atoms with Crippen molar-refractivity contribution in [2.45, 2.75) is 6.92 Å². The van der Waals surface area contributed by atoms with E-state index in [0.717, 1.165) is 17.4 Å². The van der Waals surface area contributed by atoms with E-state index < -0.39 is 0 Å². The van der Waals surface area contributed by atoms with Gasteiger partial charge in [-0.05, 0) is 25.1 Å². The Kier molecular flexibility index (Phi) is 3.89. The molecule has 0 N–H and O–H groups in total. The smallest absolute Gasteiger partial charge is 0.209 e. The first-order valence-electron chi connectivity index (χ1n) is 7.28. The summed E-state index contributed by atoms with van der Waals surface area (Å²) in [5, 5.41) is 0. The lowest BCUT2D eigenvalue weighted by molar-refractivity contribution is 0.103. The summed E-state index contributed by atoms with van der Waals surface area (Å²) in [5.74, 6) is -0.0368. The highest BCUT2D eigenvalue weighted by atomic mass is 16.1. The van der Waals surface area contributed by atoms with E-state index in [9.17, 15) is 9.59 Å². The Hall–Kier alpha value is -3.01. The predicted molar refractivity (Wildman–Crippen MR) is 88.6 cm³/mol. The molecule has 114 valence electrons. The second kappa shape index (κ2) is 6.01. The van der Waals surface area contributed by atoms with Crippen molar-refractivity contribution in [1.82, 2.24) is 9.55 Å². The molecule has 0 saturated heterocycles. The van der Waals surface area contributed by atoms with Gasteiger partial charge in [-0.3, -0.25) is 14.6 Å². The molecular formula is C19H16N2O2. The maximum absolute atomic E-state index is 12.6. The molecule has 0 aliphatic heterocycles. The molecule has 2 aromatic heterocycles. The number of ketones is 1. The minimum Gasteiger partial charge on any atom is -0.347 e. The highest BCUT2D eigenvalue weighted by Crippen LogP contribution is 2.22. The van der Waals surface area contributed by atoms with Crippen LogP contribution in [-0.2, 0) is 7.05 Å². The maximum atomic E-state index is 12.6. The van der Waals surface area contributed by atoms with Gasteiger partial charge in [0.25, 0.3) is 0 Å². The summed E-state index contributed by atoms with van der Waals surface area (Å²) in [6.07, 6.45) is 4.22. The maximum Gasteiger partial charge on any atom is 0.209 e. The molecule has 2 heterocycles. The van der Waals surface area contributed by atoms with Crippen molar-refractivity contribution in [2.75, 3.05) is 0 Å². The Morgan fingerprint density at radius 1 is 1.13 bits per heavy atom. The zero-order valence-electron chi connectivity index (χ0n) is 13.0. The molecule has 0 fully saturated rings. The van der Waals surface area contributed by atoms with Crippen LogP contribution in [0.3, 0.4) is 0 Å². The summed E-state index contributed by atoms with van der Waals surface area (Å²) in [4.78, 5) is 27.8. The lowest BCUT2D eigenvalue weighted by atomic mass is 10.1. The van der Waals surface area contributed by atoms with Crippen LogP contribution in [0.5, 0.6) is 0 Å². The molecule has 1 aromatic carbocycles. The number of rotatable bonds is 4. The van der Waals surface area contributed by atoms with E-state index in [1.54, 1.807) is 29.0 Å². The minimum atomic E-state index is -0.0368. The zero-order valence-corrected chi connectivity index (χ0v) is 13.0. The van der Waals surface area contributed by atoms with E-state index in [-0.39, 0.29) is 5.78 Å². The van der Waals surface area contributed by atoms with Gasteiger partial charge in [0, 0.05) is 36.1 Å². The highest BCUT2D eigenvalue weighted by molar-refractivity contribution is 6.08. The molecule has 0 amide bonds. The third kappa shape index (κ3) is 2.97. The molecule has 3 rings (SSSR count). The van der Waals surface area contributed by atoms with E-state index in [0.29, 0.717) is 22.5 Å². The van der Waals surface area contributed by atoms with Crippen molar-refractivity contribution >= 4 is 12.1 Å². The first-order chi connectivity index (χ1) is 11.1. The number of pyridine rings is 1. The Labute approximate surface area is 134 Å². The van der Waals surface area contributed by atoms with Crippen molar-refractivity contribution in [1.29, 1.82) is 0 Å². The first-order valence-corrected chi connectivity index (χ1v) is 7.28. The number of aldehydes is 1. The van der Waals surface area contributed by atoms with Crippen molar-refractivity contribution in [3.63, 3.8) is 0 Å². The summed E-state index contributed by atoms with van der Waals surface area (Å²) in [6.45, 7) is 1.99. The van der Waals surface area contributed by atoms with Crippen LogP contribution in [0.4, 0.5) is 0 Å². The van der Waals surface area contributed by atoms with E-state index in [1.807, 2.05) is 44.4 Å². The van der Waals surface area contributed by atoms with Gasteiger partial charge in [0.15, 0.2) is 0 Å². The van der Waals surface area contributed by atoms with Crippen LogP contribution in [0.1, 0.15) is 32.0 Å². The number of aryl methyl sites for hydroxylation is 2. The van der Waals surface area contributed by atoms with Gasteiger partial charge in [-0.1, -0.05) is 29.8 Å². The van der Waals surface area contributed by atoms with Gasteiger partial charge < -0.3 is 4.57 Å². The summed E-state index contributed by atoms with van der Waals surface area (Å²) >= 11 is 0. The molecule has 0 radical (unpaired) electrons. The highest BCUT2D eigenvalue weighted by Gasteiger charge is 2.15.